The Kier molecular flexibility index (Phi) is 6.30. The molecule has 0 aliphatic rings. The van der Waals surface area contributed by atoms with Gasteiger partial charge >= 0.3 is 12.3 Å². The van der Waals surface area contributed by atoms with Gasteiger partial charge in [0.2, 0.25) is 0 Å². The lowest BCUT2D eigenvalue weighted by atomic mass is 10.0. The van der Waals surface area contributed by atoms with Gasteiger partial charge in [0.05, 0.1) is 0 Å². The first kappa shape index (κ1) is 21.2. The molecule has 156 valence electrons. The monoisotopic (exact) mass is 416 g/mol. The van der Waals surface area contributed by atoms with E-state index in [1.54, 1.807) is 37.3 Å². The smallest absolute Gasteiger partial charge is 0.488 e. The van der Waals surface area contributed by atoms with Crippen LogP contribution in [0.25, 0.3) is 0 Å². The predicted molar refractivity (Wildman–Crippen MR) is 105 cm³/mol. The number of esters is 1. The van der Waals surface area contributed by atoms with Gasteiger partial charge in [0.15, 0.2) is 0 Å². The van der Waals surface area contributed by atoms with Crippen LogP contribution in [0.3, 0.4) is 0 Å². The summed E-state index contributed by atoms with van der Waals surface area (Å²) in [5, 5.41) is 0. The molecule has 0 aliphatic heterocycles. The molecule has 3 aromatic rings. The van der Waals surface area contributed by atoms with Gasteiger partial charge in [-0.1, -0.05) is 48.5 Å². The molecule has 0 unspecified atom stereocenters. The molecule has 0 atom stereocenters. The van der Waals surface area contributed by atoms with Crippen LogP contribution in [0.2, 0.25) is 0 Å². The Morgan fingerprint density at radius 2 is 1.53 bits per heavy atom. The van der Waals surface area contributed by atoms with Crippen LogP contribution >= 0.6 is 0 Å². The zero-order chi connectivity index (χ0) is 21.7. The van der Waals surface area contributed by atoms with Crippen molar-refractivity contribution in [2.24, 2.45) is 0 Å². The molecule has 7 heteroatoms. The highest BCUT2D eigenvalue weighted by Crippen LogP contribution is 2.37. The number of benzene rings is 3. The molecule has 0 radical (unpaired) electrons. The van der Waals surface area contributed by atoms with Crippen LogP contribution in [0, 0.1) is 13.8 Å². The number of halogens is 3. The van der Waals surface area contributed by atoms with E-state index in [0.717, 1.165) is 5.56 Å². The maximum Gasteiger partial charge on any atom is 0.573 e. The molecule has 0 saturated carbocycles. The van der Waals surface area contributed by atoms with Gasteiger partial charge < -0.3 is 14.2 Å². The SMILES string of the molecule is Cc1cc(OC(F)(F)F)c(C)c(C(=O)Oc2ccccc2)c1OCc1ccccc1. The minimum Gasteiger partial charge on any atom is -0.488 e. The van der Waals surface area contributed by atoms with Crippen molar-refractivity contribution < 1.29 is 32.2 Å². The number of rotatable bonds is 6. The number of para-hydroxylation sites is 1. The second-order valence-corrected chi connectivity index (χ2v) is 6.55. The first-order valence-corrected chi connectivity index (χ1v) is 9.08. The van der Waals surface area contributed by atoms with E-state index in [1.165, 1.54) is 13.0 Å². The number of carbonyl (C=O) groups is 1. The van der Waals surface area contributed by atoms with E-state index < -0.39 is 18.1 Å². The van der Waals surface area contributed by atoms with Crippen LogP contribution in [0.15, 0.2) is 66.7 Å². The highest BCUT2D eigenvalue weighted by Gasteiger charge is 2.34. The van der Waals surface area contributed by atoms with Crippen LogP contribution in [-0.2, 0) is 6.61 Å². The van der Waals surface area contributed by atoms with Crippen molar-refractivity contribution in [1.82, 2.24) is 0 Å². The molecule has 3 rings (SSSR count). The molecule has 3 aromatic carbocycles. The van der Waals surface area contributed by atoms with E-state index in [4.69, 9.17) is 9.47 Å². The second-order valence-electron chi connectivity index (χ2n) is 6.55. The van der Waals surface area contributed by atoms with E-state index in [9.17, 15) is 18.0 Å². The Bertz CT molecular complexity index is 1020. The van der Waals surface area contributed by atoms with Crippen molar-refractivity contribution >= 4 is 5.97 Å². The summed E-state index contributed by atoms with van der Waals surface area (Å²) < 4.78 is 53.8. The third kappa shape index (κ3) is 5.31. The van der Waals surface area contributed by atoms with Gasteiger partial charge in [-0.15, -0.1) is 13.2 Å². The topological polar surface area (TPSA) is 44.8 Å². The number of hydrogen-bond donors (Lipinski definition) is 0. The Hall–Kier alpha value is -3.48. The van der Waals surface area contributed by atoms with Crippen LogP contribution in [-0.4, -0.2) is 12.3 Å². The average molecular weight is 416 g/mol. The van der Waals surface area contributed by atoms with Gasteiger partial charge in [0.25, 0.3) is 0 Å². The Balaban J connectivity index is 2.00. The largest absolute Gasteiger partial charge is 0.573 e. The summed E-state index contributed by atoms with van der Waals surface area (Å²) in [6, 6.07) is 18.6. The molecule has 0 N–H and O–H groups in total. The summed E-state index contributed by atoms with van der Waals surface area (Å²) in [5.74, 6) is -0.910. The van der Waals surface area contributed by atoms with Gasteiger partial charge in [-0.2, -0.15) is 0 Å². The molecule has 0 heterocycles. The normalized spacial score (nSPS) is 11.1. The number of aryl methyl sites for hydroxylation is 1. The average Bonchev–Trinajstić information content (AvgIpc) is 2.69. The third-order valence-electron chi connectivity index (χ3n) is 4.29. The molecule has 4 nitrogen and oxygen atoms in total. The highest BCUT2D eigenvalue weighted by atomic mass is 19.4. The standard InChI is InChI=1S/C23H19F3O4/c1-15-13-19(30-23(24,25)26)16(2)20(22(27)29-18-11-7-4-8-12-18)21(15)28-14-17-9-5-3-6-10-17/h3-13H,14H2,1-2H3. The summed E-state index contributed by atoms with van der Waals surface area (Å²) in [4.78, 5) is 12.9. The minimum absolute atomic E-state index is 0.0260. The first-order valence-electron chi connectivity index (χ1n) is 9.08. The Labute approximate surface area is 171 Å². The lowest BCUT2D eigenvalue weighted by Crippen LogP contribution is -2.20. The summed E-state index contributed by atoms with van der Waals surface area (Å²) in [6.07, 6.45) is -4.90. The molecule has 30 heavy (non-hydrogen) atoms. The molecule has 0 saturated heterocycles. The van der Waals surface area contributed by atoms with Crippen LogP contribution in [0.5, 0.6) is 17.2 Å². The highest BCUT2D eigenvalue weighted by molar-refractivity contribution is 5.97. The third-order valence-corrected chi connectivity index (χ3v) is 4.29. The Morgan fingerprint density at radius 1 is 0.933 bits per heavy atom. The van der Waals surface area contributed by atoms with Gasteiger partial charge in [-0.25, -0.2) is 4.79 Å². The van der Waals surface area contributed by atoms with Gasteiger partial charge in [-0.3, -0.25) is 0 Å². The fourth-order valence-electron chi connectivity index (χ4n) is 2.90. The van der Waals surface area contributed by atoms with Crippen LogP contribution in [0.1, 0.15) is 27.0 Å². The van der Waals surface area contributed by atoms with Crippen molar-refractivity contribution in [3.8, 4) is 17.2 Å². The van der Waals surface area contributed by atoms with Crippen LogP contribution in [0.4, 0.5) is 13.2 Å². The van der Waals surface area contributed by atoms with E-state index >= 15 is 0 Å². The van der Waals surface area contributed by atoms with E-state index in [-0.39, 0.29) is 29.2 Å². The zero-order valence-corrected chi connectivity index (χ0v) is 16.3. The Morgan fingerprint density at radius 3 is 2.13 bits per heavy atom. The number of hydrogen-bond acceptors (Lipinski definition) is 4. The summed E-state index contributed by atoms with van der Waals surface area (Å²) in [6.45, 7) is 3.03. The van der Waals surface area contributed by atoms with E-state index in [1.807, 2.05) is 30.3 Å². The molecule has 0 fully saturated rings. The van der Waals surface area contributed by atoms with E-state index in [2.05, 4.69) is 4.74 Å². The first-order chi connectivity index (χ1) is 14.2. The summed E-state index contributed by atoms with van der Waals surface area (Å²) >= 11 is 0. The summed E-state index contributed by atoms with van der Waals surface area (Å²) in [7, 11) is 0. The lowest BCUT2D eigenvalue weighted by Gasteiger charge is -2.19. The molecule has 0 amide bonds. The second kappa shape index (κ2) is 8.90. The summed E-state index contributed by atoms with van der Waals surface area (Å²) in [5.41, 5.74) is 1.01. The van der Waals surface area contributed by atoms with Crippen molar-refractivity contribution in [2.75, 3.05) is 0 Å². The van der Waals surface area contributed by atoms with Crippen molar-refractivity contribution in [1.29, 1.82) is 0 Å². The molecular formula is C23H19F3O4. The molecular weight excluding hydrogens is 397 g/mol. The lowest BCUT2D eigenvalue weighted by molar-refractivity contribution is -0.274. The maximum absolute atomic E-state index is 12.9. The van der Waals surface area contributed by atoms with E-state index in [0.29, 0.717) is 5.56 Å². The molecule has 0 spiro atoms. The minimum atomic E-state index is -4.90. The van der Waals surface area contributed by atoms with Gasteiger partial charge in [0.1, 0.15) is 29.4 Å². The van der Waals surface area contributed by atoms with Crippen LogP contribution < -0.4 is 14.2 Å². The number of carbonyl (C=O) groups excluding carboxylic acids is 1. The molecule has 0 aromatic heterocycles. The molecule has 0 aliphatic carbocycles. The van der Waals surface area contributed by atoms with Crippen molar-refractivity contribution in [3.05, 3.63) is 89.0 Å². The van der Waals surface area contributed by atoms with Crippen molar-refractivity contribution in [2.45, 2.75) is 26.8 Å². The number of ether oxygens (including phenoxy) is 3. The maximum atomic E-state index is 12.9. The van der Waals surface area contributed by atoms with Gasteiger partial charge in [0, 0.05) is 5.56 Å². The van der Waals surface area contributed by atoms with Crippen molar-refractivity contribution in [3.63, 3.8) is 0 Å². The zero-order valence-electron chi connectivity index (χ0n) is 16.3. The fourth-order valence-corrected chi connectivity index (χ4v) is 2.90. The number of alkyl halides is 3. The predicted octanol–water partition coefficient (Wildman–Crippen LogP) is 6.00. The quantitative estimate of drug-likeness (QED) is 0.365. The molecule has 0 bridgehead atoms. The fraction of sp³-hybridized carbons (Fsp3) is 0.174. The van der Waals surface area contributed by atoms with Gasteiger partial charge in [-0.05, 0) is 43.2 Å².